The molecule has 0 spiro atoms. The zero-order valence-electron chi connectivity index (χ0n) is 9.45. The Kier molecular flexibility index (Phi) is 3.89. The molecule has 1 atom stereocenters. The second-order valence-electron chi connectivity index (χ2n) is 3.84. The summed E-state index contributed by atoms with van der Waals surface area (Å²) in [6.07, 6.45) is 3.01. The van der Waals surface area contributed by atoms with Crippen molar-refractivity contribution >= 4 is 17.6 Å². The number of hydrogen-bond acceptors (Lipinski definition) is 3. The van der Waals surface area contributed by atoms with Gasteiger partial charge in [-0.05, 0) is 23.8 Å². The highest BCUT2D eigenvalue weighted by Crippen LogP contribution is 2.27. The lowest BCUT2D eigenvalue weighted by atomic mass is 9.92. The van der Waals surface area contributed by atoms with Gasteiger partial charge in [-0.3, -0.25) is 4.79 Å². The normalized spacial score (nSPS) is 12.1. The molecule has 0 amide bonds. The highest BCUT2D eigenvalue weighted by molar-refractivity contribution is 6.30. The quantitative estimate of drug-likeness (QED) is 0.920. The summed E-state index contributed by atoms with van der Waals surface area (Å²) >= 11 is 5.83. The summed E-state index contributed by atoms with van der Waals surface area (Å²) in [5, 5.41) is 9.61. The maximum atomic E-state index is 11.0. The molecular weight excluding hydrogens is 252 g/mol. The van der Waals surface area contributed by atoms with E-state index in [0.717, 1.165) is 5.56 Å². The van der Waals surface area contributed by atoms with E-state index in [2.05, 4.69) is 9.97 Å². The van der Waals surface area contributed by atoms with Crippen LogP contribution in [0.15, 0.2) is 42.9 Å². The van der Waals surface area contributed by atoms with Crippen molar-refractivity contribution in [2.45, 2.75) is 12.3 Å². The van der Waals surface area contributed by atoms with Crippen molar-refractivity contribution in [1.82, 2.24) is 9.97 Å². The molecule has 92 valence electrons. The SMILES string of the molecule is O=C(O)CC(c1ccc(Cl)cc1)c1ccncn1. The van der Waals surface area contributed by atoms with Crippen LogP contribution < -0.4 is 0 Å². The number of aromatic nitrogens is 2. The zero-order chi connectivity index (χ0) is 13.0. The van der Waals surface area contributed by atoms with Gasteiger partial charge in [-0.15, -0.1) is 0 Å². The first kappa shape index (κ1) is 12.5. The van der Waals surface area contributed by atoms with E-state index < -0.39 is 5.97 Å². The fourth-order valence-electron chi connectivity index (χ4n) is 1.77. The summed E-state index contributed by atoms with van der Waals surface area (Å²) in [6, 6.07) is 8.85. The number of carboxylic acids is 1. The Hall–Kier alpha value is -1.94. The van der Waals surface area contributed by atoms with Gasteiger partial charge < -0.3 is 5.11 Å². The third kappa shape index (κ3) is 3.05. The van der Waals surface area contributed by atoms with Gasteiger partial charge in [-0.25, -0.2) is 9.97 Å². The van der Waals surface area contributed by atoms with Crippen LogP contribution in [0.3, 0.4) is 0 Å². The van der Waals surface area contributed by atoms with Crippen LogP contribution in [0.2, 0.25) is 5.02 Å². The molecule has 2 rings (SSSR count). The molecule has 0 fully saturated rings. The fourth-order valence-corrected chi connectivity index (χ4v) is 1.90. The molecule has 0 aliphatic carbocycles. The predicted molar refractivity (Wildman–Crippen MR) is 67.6 cm³/mol. The topological polar surface area (TPSA) is 63.1 Å². The van der Waals surface area contributed by atoms with Crippen LogP contribution in [-0.4, -0.2) is 21.0 Å². The van der Waals surface area contributed by atoms with E-state index in [1.54, 1.807) is 24.4 Å². The van der Waals surface area contributed by atoms with Crippen LogP contribution >= 0.6 is 11.6 Å². The molecule has 18 heavy (non-hydrogen) atoms. The highest BCUT2D eigenvalue weighted by Gasteiger charge is 2.18. The van der Waals surface area contributed by atoms with Crippen molar-refractivity contribution in [2.75, 3.05) is 0 Å². The van der Waals surface area contributed by atoms with E-state index >= 15 is 0 Å². The lowest BCUT2D eigenvalue weighted by Gasteiger charge is -2.14. The number of carboxylic acid groups (broad SMARTS) is 1. The van der Waals surface area contributed by atoms with Crippen LogP contribution in [0.1, 0.15) is 23.6 Å². The van der Waals surface area contributed by atoms with Crippen molar-refractivity contribution < 1.29 is 9.90 Å². The third-order valence-corrected chi connectivity index (χ3v) is 2.86. The molecule has 1 aromatic carbocycles. The first-order valence-corrected chi connectivity index (χ1v) is 5.78. The summed E-state index contributed by atoms with van der Waals surface area (Å²) < 4.78 is 0. The lowest BCUT2D eigenvalue weighted by Crippen LogP contribution is -2.09. The summed E-state index contributed by atoms with van der Waals surface area (Å²) in [5.41, 5.74) is 1.57. The van der Waals surface area contributed by atoms with Crippen molar-refractivity contribution in [1.29, 1.82) is 0 Å². The fraction of sp³-hybridized carbons (Fsp3) is 0.154. The van der Waals surface area contributed by atoms with Crippen LogP contribution in [-0.2, 0) is 4.79 Å². The van der Waals surface area contributed by atoms with Gasteiger partial charge >= 0.3 is 5.97 Å². The number of carbonyl (C=O) groups is 1. The van der Waals surface area contributed by atoms with Gasteiger partial charge in [0, 0.05) is 17.1 Å². The minimum atomic E-state index is -0.867. The van der Waals surface area contributed by atoms with Gasteiger partial charge in [0.2, 0.25) is 0 Å². The maximum Gasteiger partial charge on any atom is 0.304 e. The Labute approximate surface area is 109 Å². The van der Waals surface area contributed by atoms with Crippen LogP contribution in [0.5, 0.6) is 0 Å². The second-order valence-corrected chi connectivity index (χ2v) is 4.27. The van der Waals surface area contributed by atoms with Gasteiger partial charge in [-0.2, -0.15) is 0 Å². The average Bonchev–Trinajstić information content (AvgIpc) is 2.38. The smallest absolute Gasteiger partial charge is 0.304 e. The molecule has 0 radical (unpaired) electrons. The van der Waals surface area contributed by atoms with Crippen molar-refractivity contribution in [3.05, 3.63) is 59.1 Å². The molecule has 4 nitrogen and oxygen atoms in total. The number of aliphatic carboxylic acids is 1. The summed E-state index contributed by atoms with van der Waals surface area (Å²) in [4.78, 5) is 18.9. The minimum Gasteiger partial charge on any atom is -0.481 e. The summed E-state index contributed by atoms with van der Waals surface area (Å²) in [7, 11) is 0. The molecule has 5 heteroatoms. The molecule has 0 saturated carbocycles. The van der Waals surface area contributed by atoms with Crippen molar-refractivity contribution in [3.63, 3.8) is 0 Å². The van der Waals surface area contributed by atoms with Gasteiger partial charge in [0.15, 0.2) is 0 Å². The molecule has 1 unspecified atom stereocenters. The largest absolute Gasteiger partial charge is 0.481 e. The molecule has 1 N–H and O–H groups in total. The highest BCUT2D eigenvalue weighted by atomic mass is 35.5. The summed E-state index contributed by atoms with van der Waals surface area (Å²) in [6.45, 7) is 0. The lowest BCUT2D eigenvalue weighted by molar-refractivity contribution is -0.137. The molecular formula is C13H11ClN2O2. The first-order chi connectivity index (χ1) is 8.66. The predicted octanol–water partition coefficient (Wildman–Crippen LogP) is 2.74. The Morgan fingerprint density at radius 3 is 2.56 bits per heavy atom. The minimum absolute atomic E-state index is 0.0152. The Morgan fingerprint density at radius 1 is 1.28 bits per heavy atom. The van der Waals surface area contributed by atoms with E-state index in [0.29, 0.717) is 10.7 Å². The van der Waals surface area contributed by atoms with Gasteiger partial charge in [-0.1, -0.05) is 23.7 Å². The van der Waals surface area contributed by atoms with Gasteiger partial charge in [0.1, 0.15) is 6.33 Å². The molecule has 1 aromatic heterocycles. The first-order valence-electron chi connectivity index (χ1n) is 5.40. The van der Waals surface area contributed by atoms with Gasteiger partial charge in [0.25, 0.3) is 0 Å². The number of rotatable bonds is 4. The van der Waals surface area contributed by atoms with Crippen molar-refractivity contribution in [2.24, 2.45) is 0 Å². The molecule has 0 aliphatic heterocycles. The molecule has 0 aliphatic rings. The molecule has 2 aromatic rings. The van der Waals surface area contributed by atoms with E-state index in [-0.39, 0.29) is 12.3 Å². The standard InChI is InChI=1S/C13H11ClN2O2/c14-10-3-1-9(2-4-10)11(7-13(17)18)12-5-6-15-8-16-12/h1-6,8,11H,7H2,(H,17,18). The Bertz CT molecular complexity index is 528. The van der Waals surface area contributed by atoms with Crippen LogP contribution in [0, 0.1) is 0 Å². The summed E-state index contributed by atoms with van der Waals surface area (Å²) in [5.74, 6) is -1.16. The average molecular weight is 263 g/mol. The zero-order valence-corrected chi connectivity index (χ0v) is 10.2. The van der Waals surface area contributed by atoms with E-state index in [1.165, 1.54) is 6.33 Å². The number of halogens is 1. The number of hydrogen-bond donors (Lipinski definition) is 1. The monoisotopic (exact) mass is 262 g/mol. The van der Waals surface area contributed by atoms with Crippen LogP contribution in [0.4, 0.5) is 0 Å². The second kappa shape index (κ2) is 5.60. The van der Waals surface area contributed by atoms with E-state index in [4.69, 9.17) is 16.7 Å². The number of benzene rings is 1. The van der Waals surface area contributed by atoms with Crippen molar-refractivity contribution in [3.8, 4) is 0 Å². The van der Waals surface area contributed by atoms with Crippen LogP contribution in [0.25, 0.3) is 0 Å². The number of nitrogens with zero attached hydrogens (tertiary/aromatic N) is 2. The molecule has 0 saturated heterocycles. The van der Waals surface area contributed by atoms with E-state index in [1.807, 2.05) is 12.1 Å². The Morgan fingerprint density at radius 2 is 2.00 bits per heavy atom. The molecule has 0 bridgehead atoms. The third-order valence-electron chi connectivity index (χ3n) is 2.61. The molecule has 1 heterocycles. The maximum absolute atomic E-state index is 11.0. The Balaban J connectivity index is 2.36. The van der Waals surface area contributed by atoms with Gasteiger partial charge in [0.05, 0.1) is 12.1 Å². The van der Waals surface area contributed by atoms with E-state index in [9.17, 15) is 4.79 Å².